The summed E-state index contributed by atoms with van der Waals surface area (Å²) in [6.07, 6.45) is 16.5. The molecule has 26 heavy (non-hydrogen) atoms. The van der Waals surface area contributed by atoms with Crippen LogP contribution in [-0.4, -0.2) is 22.8 Å². The summed E-state index contributed by atoms with van der Waals surface area (Å²) in [5.74, 6) is -0.637. The van der Waals surface area contributed by atoms with Gasteiger partial charge in [0.25, 0.3) is 11.8 Å². The Kier molecular flexibility index (Phi) is 2.43. The van der Waals surface area contributed by atoms with Gasteiger partial charge in [-0.05, 0) is 23.6 Å². The van der Waals surface area contributed by atoms with Crippen LogP contribution in [0.1, 0.15) is 26.3 Å². The van der Waals surface area contributed by atoms with Crippen molar-refractivity contribution in [3.05, 3.63) is 69.9 Å². The molecule has 0 spiro atoms. The quantitative estimate of drug-likeness (QED) is 0.705. The first-order chi connectivity index (χ1) is 12.7. The molecule has 2 aromatic rings. The molecular formula is C21H13N3O2. The van der Waals surface area contributed by atoms with Crippen LogP contribution in [0, 0.1) is 0 Å². The highest BCUT2D eigenvalue weighted by atomic mass is 16.2. The van der Waals surface area contributed by atoms with E-state index in [1.165, 1.54) is 0 Å². The molecule has 0 bridgehead atoms. The van der Waals surface area contributed by atoms with Crippen LogP contribution in [0.4, 0.5) is 5.69 Å². The maximum absolute atomic E-state index is 12.7. The van der Waals surface area contributed by atoms with Gasteiger partial charge in [-0.1, -0.05) is 36.5 Å². The number of nitrogens with zero attached hydrogens (tertiary/aromatic N) is 1. The average molecular weight is 339 g/mol. The summed E-state index contributed by atoms with van der Waals surface area (Å²) in [5.41, 5.74) is 3.90. The molecule has 0 saturated heterocycles. The largest absolute Gasteiger partial charge is 0.374 e. The van der Waals surface area contributed by atoms with Crippen LogP contribution in [0.25, 0.3) is 22.4 Å². The van der Waals surface area contributed by atoms with Crippen LogP contribution in [0.2, 0.25) is 0 Å². The molecule has 1 atom stereocenters. The maximum Gasteiger partial charge on any atom is 0.259 e. The van der Waals surface area contributed by atoms with E-state index in [9.17, 15) is 9.59 Å². The fraction of sp³-hybridized carbons (Fsp3) is 0.0952. The molecule has 6 rings (SSSR count). The summed E-state index contributed by atoms with van der Waals surface area (Å²) in [4.78, 5) is 30.0. The van der Waals surface area contributed by atoms with E-state index in [0.29, 0.717) is 17.5 Å². The Bertz CT molecular complexity index is 1300. The van der Waals surface area contributed by atoms with Crippen LogP contribution < -0.4 is 21.2 Å². The Morgan fingerprint density at radius 1 is 1.08 bits per heavy atom. The lowest BCUT2D eigenvalue weighted by atomic mass is 9.90. The highest BCUT2D eigenvalue weighted by Gasteiger charge is 2.37. The van der Waals surface area contributed by atoms with Crippen molar-refractivity contribution in [1.29, 1.82) is 0 Å². The van der Waals surface area contributed by atoms with Crippen molar-refractivity contribution in [3.63, 3.8) is 0 Å². The SMILES string of the molecule is O=C1NC(=O)c2c1c1c(c3cnc4c(c23)CC=CC=4)NC2C=CC=CC=12. The zero-order valence-electron chi connectivity index (χ0n) is 13.7. The smallest absolute Gasteiger partial charge is 0.259 e. The first kappa shape index (κ1) is 13.8. The summed E-state index contributed by atoms with van der Waals surface area (Å²) in [5, 5.41) is 9.44. The Hall–Kier alpha value is -3.47. The summed E-state index contributed by atoms with van der Waals surface area (Å²) < 4.78 is 0. The van der Waals surface area contributed by atoms with Crippen molar-refractivity contribution in [1.82, 2.24) is 10.3 Å². The molecule has 1 unspecified atom stereocenters. The minimum absolute atomic E-state index is 0.00990. The third kappa shape index (κ3) is 1.53. The molecule has 0 radical (unpaired) electrons. The van der Waals surface area contributed by atoms with Gasteiger partial charge in [-0.2, -0.15) is 0 Å². The molecular weight excluding hydrogens is 326 g/mol. The number of hydrogen-bond donors (Lipinski definition) is 2. The van der Waals surface area contributed by atoms with Gasteiger partial charge in [-0.3, -0.25) is 19.9 Å². The molecule has 3 heterocycles. The minimum atomic E-state index is -0.319. The average Bonchev–Trinajstić information content (AvgIpc) is 3.19. The number of fused-ring (bicyclic) bond motifs is 9. The first-order valence-electron chi connectivity index (χ1n) is 8.60. The Balaban J connectivity index is 1.90. The van der Waals surface area contributed by atoms with Gasteiger partial charge in [0.15, 0.2) is 0 Å². The van der Waals surface area contributed by atoms with Crippen LogP contribution in [0.15, 0.2) is 42.7 Å². The lowest BCUT2D eigenvalue weighted by Gasteiger charge is -2.15. The van der Waals surface area contributed by atoms with Gasteiger partial charge in [0, 0.05) is 22.2 Å². The van der Waals surface area contributed by atoms with E-state index in [0.717, 1.165) is 38.2 Å². The molecule has 2 aliphatic heterocycles. The highest BCUT2D eigenvalue weighted by Crippen LogP contribution is 2.35. The lowest BCUT2D eigenvalue weighted by Crippen LogP contribution is -2.23. The zero-order valence-corrected chi connectivity index (χ0v) is 13.7. The number of nitrogens with one attached hydrogen (secondary N) is 2. The second-order valence-electron chi connectivity index (χ2n) is 6.81. The molecule has 4 aliphatic rings. The third-order valence-electron chi connectivity index (χ3n) is 5.49. The van der Waals surface area contributed by atoms with Crippen molar-refractivity contribution in [2.24, 2.45) is 0 Å². The summed E-state index contributed by atoms with van der Waals surface area (Å²) in [6.45, 7) is 0. The van der Waals surface area contributed by atoms with Gasteiger partial charge in [-0.15, -0.1) is 0 Å². The number of carbonyl (C=O) groups excluding carboxylic acids is 2. The number of pyridine rings is 1. The molecule has 2 amide bonds. The van der Waals surface area contributed by atoms with Gasteiger partial charge in [0.1, 0.15) is 0 Å². The Labute approximate surface area is 148 Å². The number of anilines is 1. The topological polar surface area (TPSA) is 71.1 Å². The van der Waals surface area contributed by atoms with E-state index in [1.807, 2.05) is 42.7 Å². The van der Waals surface area contributed by atoms with E-state index in [4.69, 9.17) is 0 Å². The zero-order chi connectivity index (χ0) is 17.4. The van der Waals surface area contributed by atoms with Gasteiger partial charge in [0.05, 0.1) is 28.2 Å². The molecule has 1 aromatic carbocycles. The van der Waals surface area contributed by atoms with Crippen LogP contribution in [0.5, 0.6) is 0 Å². The van der Waals surface area contributed by atoms with E-state index < -0.39 is 0 Å². The summed E-state index contributed by atoms with van der Waals surface area (Å²) in [7, 11) is 0. The second kappa shape index (κ2) is 4.58. The number of rotatable bonds is 0. The standard InChI is InChI=1S/C21H13N3O2/c25-20-17-15-10-5-1-3-7-13(10)22-9-12(15)19-16(18(17)21(26)24-20)11-6-2-4-8-14(11)23-19/h1-4,6-9,14,23H,5H2,(H,24,25,26). The normalized spacial score (nSPS) is 21.1. The van der Waals surface area contributed by atoms with Crippen molar-refractivity contribution in [2.75, 3.05) is 5.32 Å². The van der Waals surface area contributed by atoms with E-state index in [1.54, 1.807) is 0 Å². The number of allylic oxidation sites excluding steroid dienone is 4. The number of carbonyl (C=O) groups is 2. The van der Waals surface area contributed by atoms with Crippen LogP contribution in [0.3, 0.4) is 0 Å². The number of imide groups is 1. The van der Waals surface area contributed by atoms with Crippen molar-refractivity contribution in [3.8, 4) is 0 Å². The van der Waals surface area contributed by atoms with Gasteiger partial charge in [-0.25, -0.2) is 0 Å². The van der Waals surface area contributed by atoms with Crippen LogP contribution >= 0.6 is 0 Å². The Morgan fingerprint density at radius 3 is 2.88 bits per heavy atom. The molecule has 2 aliphatic carbocycles. The minimum Gasteiger partial charge on any atom is -0.374 e. The lowest BCUT2D eigenvalue weighted by molar-refractivity contribution is 0.0880. The van der Waals surface area contributed by atoms with Crippen molar-refractivity contribution >= 4 is 39.9 Å². The monoisotopic (exact) mass is 339 g/mol. The van der Waals surface area contributed by atoms with E-state index >= 15 is 0 Å². The van der Waals surface area contributed by atoms with Crippen molar-refractivity contribution < 1.29 is 9.59 Å². The molecule has 0 fully saturated rings. The molecule has 124 valence electrons. The number of benzene rings is 1. The van der Waals surface area contributed by atoms with Gasteiger partial charge in [0.2, 0.25) is 0 Å². The summed E-state index contributed by atoms with van der Waals surface area (Å²) >= 11 is 0. The van der Waals surface area contributed by atoms with E-state index in [-0.39, 0.29) is 17.9 Å². The number of hydrogen-bond acceptors (Lipinski definition) is 4. The molecule has 2 N–H and O–H groups in total. The predicted molar refractivity (Wildman–Crippen MR) is 99.2 cm³/mol. The third-order valence-corrected chi connectivity index (χ3v) is 5.49. The highest BCUT2D eigenvalue weighted by molar-refractivity contribution is 6.29. The number of aromatic nitrogens is 1. The second-order valence-corrected chi connectivity index (χ2v) is 6.81. The first-order valence-corrected chi connectivity index (χ1v) is 8.60. The van der Waals surface area contributed by atoms with Crippen LogP contribution in [-0.2, 0) is 6.42 Å². The number of amides is 2. The molecule has 1 aromatic heterocycles. The molecule has 5 nitrogen and oxygen atoms in total. The fourth-order valence-corrected chi connectivity index (χ4v) is 4.43. The Morgan fingerprint density at radius 2 is 1.96 bits per heavy atom. The molecule has 5 heteroatoms. The molecule has 0 saturated carbocycles. The van der Waals surface area contributed by atoms with Crippen molar-refractivity contribution in [2.45, 2.75) is 12.5 Å². The van der Waals surface area contributed by atoms with E-state index in [2.05, 4.69) is 21.7 Å². The van der Waals surface area contributed by atoms with Gasteiger partial charge >= 0.3 is 0 Å². The van der Waals surface area contributed by atoms with Gasteiger partial charge < -0.3 is 5.32 Å². The summed E-state index contributed by atoms with van der Waals surface area (Å²) in [6, 6.07) is 0.00990. The maximum atomic E-state index is 12.7. The predicted octanol–water partition coefficient (Wildman–Crippen LogP) is 1.08. The fourth-order valence-electron chi connectivity index (χ4n) is 4.43.